The lowest BCUT2D eigenvalue weighted by Crippen LogP contribution is -2.26. The molecule has 6 heteroatoms. The van der Waals surface area contributed by atoms with Crippen LogP contribution in [0, 0.1) is 5.82 Å². The van der Waals surface area contributed by atoms with Crippen molar-refractivity contribution in [2.75, 3.05) is 5.32 Å². The molecule has 0 fully saturated rings. The van der Waals surface area contributed by atoms with Gasteiger partial charge in [-0.05, 0) is 60.7 Å². The van der Waals surface area contributed by atoms with E-state index in [4.69, 9.17) is 0 Å². The number of rotatable bonds is 3. The van der Waals surface area contributed by atoms with Crippen molar-refractivity contribution in [3.63, 3.8) is 0 Å². The quantitative estimate of drug-likeness (QED) is 0.790. The fraction of sp³-hybridized carbons (Fsp3) is 0.150. The topological polar surface area (TPSA) is 64.0 Å². The molecule has 0 aliphatic heterocycles. The Kier molecular flexibility index (Phi) is 4.08. The van der Waals surface area contributed by atoms with Crippen LogP contribution in [0.15, 0.2) is 59.7 Å². The average Bonchev–Trinajstić information content (AvgIpc) is 3.11. The van der Waals surface area contributed by atoms with Gasteiger partial charge in [0.05, 0.1) is 0 Å². The third-order valence-corrected chi connectivity index (χ3v) is 4.52. The number of hydrogen-bond donors (Lipinski definition) is 1. The van der Waals surface area contributed by atoms with Gasteiger partial charge < -0.3 is 5.32 Å². The summed E-state index contributed by atoms with van der Waals surface area (Å²) in [5.74, 6) is -1.20. The number of benzene rings is 2. The molecule has 0 atom stereocenters. The highest BCUT2D eigenvalue weighted by atomic mass is 19.1. The molecule has 0 saturated carbocycles. The van der Waals surface area contributed by atoms with Gasteiger partial charge in [-0.25, -0.2) is 9.37 Å². The van der Waals surface area contributed by atoms with Gasteiger partial charge in [0.15, 0.2) is 5.82 Å². The highest BCUT2D eigenvalue weighted by Crippen LogP contribution is 2.24. The molecule has 1 aliphatic rings. The number of fused-ring (bicyclic) bond motifs is 1. The molecule has 2 aromatic carbocycles. The van der Waals surface area contributed by atoms with E-state index in [9.17, 15) is 14.0 Å². The lowest BCUT2D eigenvalue weighted by Gasteiger charge is -2.10. The maximum absolute atomic E-state index is 13.3. The monoisotopic (exact) mass is 349 g/mol. The SMILES string of the molecule is O=C(Nc1nccn(-c2ccc3c(c2)CCC3)c1=O)c1cccc(F)c1. The average molecular weight is 349 g/mol. The Bertz CT molecular complexity index is 1060. The minimum atomic E-state index is -0.583. The predicted octanol–water partition coefficient (Wildman–Crippen LogP) is 3.11. The molecule has 4 rings (SSSR count). The second-order valence-electron chi connectivity index (χ2n) is 6.22. The number of nitrogens with one attached hydrogen (secondary N) is 1. The van der Waals surface area contributed by atoms with Crippen molar-refractivity contribution < 1.29 is 9.18 Å². The zero-order chi connectivity index (χ0) is 18.1. The molecule has 0 unspecified atom stereocenters. The van der Waals surface area contributed by atoms with Crippen molar-refractivity contribution in [3.05, 3.63) is 87.7 Å². The van der Waals surface area contributed by atoms with Crippen LogP contribution >= 0.6 is 0 Å². The molecule has 0 bridgehead atoms. The molecule has 1 aliphatic carbocycles. The predicted molar refractivity (Wildman–Crippen MR) is 96.2 cm³/mol. The first-order chi connectivity index (χ1) is 12.6. The van der Waals surface area contributed by atoms with Crippen molar-refractivity contribution in [2.24, 2.45) is 0 Å². The molecule has 0 saturated heterocycles. The first kappa shape index (κ1) is 16.2. The third-order valence-electron chi connectivity index (χ3n) is 4.52. The summed E-state index contributed by atoms with van der Waals surface area (Å²) in [6.45, 7) is 0. The number of halogens is 1. The van der Waals surface area contributed by atoms with Gasteiger partial charge in [-0.15, -0.1) is 0 Å². The molecule has 1 aromatic heterocycles. The van der Waals surface area contributed by atoms with Gasteiger partial charge in [0.1, 0.15) is 5.82 Å². The Hall–Kier alpha value is -3.28. The van der Waals surface area contributed by atoms with E-state index < -0.39 is 17.3 Å². The minimum absolute atomic E-state index is 0.0951. The van der Waals surface area contributed by atoms with Crippen LogP contribution in [0.3, 0.4) is 0 Å². The largest absolute Gasteiger partial charge is 0.302 e. The lowest BCUT2D eigenvalue weighted by atomic mass is 10.1. The van der Waals surface area contributed by atoms with E-state index in [-0.39, 0.29) is 11.4 Å². The van der Waals surface area contributed by atoms with Gasteiger partial charge in [-0.2, -0.15) is 0 Å². The van der Waals surface area contributed by atoms with Crippen molar-refractivity contribution >= 4 is 11.7 Å². The van der Waals surface area contributed by atoms with Crippen LogP contribution in [0.5, 0.6) is 0 Å². The van der Waals surface area contributed by atoms with E-state index in [0.29, 0.717) is 0 Å². The van der Waals surface area contributed by atoms with Gasteiger partial charge in [0.2, 0.25) is 0 Å². The third kappa shape index (κ3) is 3.01. The van der Waals surface area contributed by atoms with Crippen molar-refractivity contribution in [2.45, 2.75) is 19.3 Å². The van der Waals surface area contributed by atoms with Crippen molar-refractivity contribution in [1.82, 2.24) is 9.55 Å². The summed E-state index contributed by atoms with van der Waals surface area (Å²) >= 11 is 0. The van der Waals surface area contributed by atoms with Crippen LogP contribution in [0.1, 0.15) is 27.9 Å². The van der Waals surface area contributed by atoms with E-state index in [1.807, 2.05) is 18.2 Å². The summed E-state index contributed by atoms with van der Waals surface area (Å²) in [5.41, 5.74) is 2.99. The normalized spacial score (nSPS) is 12.7. The molecular formula is C20H16FN3O2. The van der Waals surface area contributed by atoms with E-state index in [2.05, 4.69) is 10.3 Å². The van der Waals surface area contributed by atoms with Crippen LogP contribution in [0.25, 0.3) is 5.69 Å². The molecule has 5 nitrogen and oxygen atoms in total. The number of hydrogen-bond acceptors (Lipinski definition) is 3. The van der Waals surface area contributed by atoms with E-state index >= 15 is 0 Å². The van der Waals surface area contributed by atoms with Crippen LogP contribution < -0.4 is 10.9 Å². The summed E-state index contributed by atoms with van der Waals surface area (Å²) in [5, 5.41) is 2.47. The van der Waals surface area contributed by atoms with Crippen LogP contribution in [-0.2, 0) is 12.8 Å². The van der Waals surface area contributed by atoms with Crippen LogP contribution in [-0.4, -0.2) is 15.5 Å². The Morgan fingerprint density at radius 2 is 1.96 bits per heavy atom. The van der Waals surface area contributed by atoms with Gasteiger partial charge >= 0.3 is 0 Å². The molecule has 130 valence electrons. The Morgan fingerprint density at radius 1 is 1.12 bits per heavy atom. The van der Waals surface area contributed by atoms with Gasteiger partial charge in [0, 0.05) is 23.6 Å². The zero-order valence-corrected chi connectivity index (χ0v) is 13.9. The number of amides is 1. The summed E-state index contributed by atoms with van der Waals surface area (Å²) in [7, 11) is 0. The highest BCUT2D eigenvalue weighted by Gasteiger charge is 2.15. The number of carbonyl (C=O) groups excluding carboxylic acids is 1. The molecular weight excluding hydrogens is 333 g/mol. The standard InChI is InChI=1S/C20H16FN3O2/c21-16-6-2-5-15(11-16)19(25)23-18-20(26)24(10-9-22-18)17-8-7-13-3-1-4-14(13)12-17/h2,5-12H,1,3-4H2,(H,22,23,25). The van der Waals surface area contributed by atoms with Crippen LogP contribution in [0.2, 0.25) is 0 Å². The van der Waals surface area contributed by atoms with E-state index in [1.165, 1.54) is 40.1 Å². The number of anilines is 1. The Balaban J connectivity index is 1.66. The Labute approximate surface area is 149 Å². The van der Waals surface area contributed by atoms with Crippen molar-refractivity contribution in [3.8, 4) is 5.69 Å². The fourth-order valence-electron chi connectivity index (χ4n) is 3.22. The van der Waals surface area contributed by atoms with Gasteiger partial charge in [-0.3, -0.25) is 14.2 Å². The number of nitrogens with zero attached hydrogens (tertiary/aromatic N) is 2. The smallest absolute Gasteiger partial charge is 0.298 e. The molecule has 0 radical (unpaired) electrons. The highest BCUT2D eigenvalue weighted by molar-refractivity contribution is 6.03. The Morgan fingerprint density at radius 3 is 2.81 bits per heavy atom. The lowest BCUT2D eigenvalue weighted by molar-refractivity contribution is 0.102. The van der Waals surface area contributed by atoms with Crippen molar-refractivity contribution in [1.29, 1.82) is 0 Å². The second-order valence-corrected chi connectivity index (χ2v) is 6.22. The van der Waals surface area contributed by atoms with E-state index in [0.717, 1.165) is 31.0 Å². The first-order valence-corrected chi connectivity index (χ1v) is 8.38. The maximum Gasteiger partial charge on any atom is 0.298 e. The molecule has 1 heterocycles. The number of aromatic nitrogens is 2. The minimum Gasteiger partial charge on any atom is -0.302 e. The molecule has 3 aromatic rings. The summed E-state index contributed by atoms with van der Waals surface area (Å²) < 4.78 is 14.7. The van der Waals surface area contributed by atoms with Gasteiger partial charge in [0.25, 0.3) is 11.5 Å². The van der Waals surface area contributed by atoms with Gasteiger partial charge in [-0.1, -0.05) is 12.1 Å². The first-order valence-electron chi connectivity index (χ1n) is 8.38. The maximum atomic E-state index is 13.3. The number of aryl methyl sites for hydroxylation is 2. The zero-order valence-electron chi connectivity index (χ0n) is 13.9. The van der Waals surface area contributed by atoms with Crippen LogP contribution in [0.4, 0.5) is 10.2 Å². The molecule has 1 amide bonds. The molecule has 26 heavy (non-hydrogen) atoms. The van der Waals surface area contributed by atoms with E-state index in [1.54, 1.807) is 6.20 Å². The summed E-state index contributed by atoms with van der Waals surface area (Å²) in [4.78, 5) is 28.9. The molecule has 1 N–H and O–H groups in total. The second kappa shape index (κ2) is 6.55. The number of carbonyl (C=O) groups is 1. The fourth-order valence-corrected chi connectivity index (χ4v) is 3.22. The molecule has 0 spiro atoms. The summed E-state index contributed by atoms with van der Waals surface area (Å²) in [6, 6.07) is 11.2. The summed E-state index contributed by atoms with van der Waals surface area (Å²) in [6.07, 6.45) is 6.22.